The van der Waals surface area contributed by atoms with Crippen molar-refractivity contribution in [1.82, 2.24) is 25.3 Å². The molecule has 1 aliphatic heterocycles. The predicted octanol–water partition coefficient (Wildman–Crippen LogP) is 3.95. The summed E-state index contributed by atoms with van der Waals surface area (Å²) < 4.78 is 1.98. The summed E-state index contributed by atoms with van der Waals surface area (Å²) in [4.78, 5) is 18.9. The molecular weight excluding hydrogens is 515 g/mol. The number of carbonyl (C=O) groups excluding carboxylic acids is 1. The molecular formula is C24H37IN6O. The van der Waals surface area contributed by atoms with Gasteiger partial charge in [0.05, 0.1) is 17.9 Å². The minimum atomic E-state index is 0. The Kier molecular flexibility index (Phi) is 11.0. The lowest BCUT2D eigenvalue weighted by Gasteiger charge is -2.20. The van der Waals surface area contributed by atoms with Gasteiger partial charge < -0.3 is 15.5 Å². The minimum absolute atomic E-state index is 0. The van der Waals surface area contributed by atoms with Crippen molar-refractivity contribution in [3.63, 3.8) is 0 Å². The van der Waals surface area contributed by atoms with E-state index in [0.29, 0.717) is 18.9 Å². The highest BCUT2D eigenvalue weighted by atomic mass is 127. The second kappa shape index (κ2) is 13.4. The lowest BCUT2D eigenvalue weighted by atomic mass is 10.2. The second-order valence-electron chi connectivity index (χ2n) is 8.06. The SMILES string of the molecule is CCNC(=NCc1c(C)nn(-c2ccccc2)c1C)NCCCN1CCCCCC1=O.I. The first-order valence-electron chi connectivity index (χ1n) is 11.5. The van der Waals surface area contributed by atoms with Gasteiger partial charge in [0.1, 0.15) is 0 Å². The first kappa shape index (κ1) is 26.2. The third-order valence-corrected chi connectivity index (χ3v) is 5.75. The van der Waals surface area contributed by atoms with E-state index in [1.54, 1.807) is 0 Å². The Morgan fingerprint density at radius 2 is 1.91 bits per heavy atom. The van der Waals surface area contributed by atoms with E-state index >= 15 is 0 Å². The summed E-state index contributed by atoms with van der Waals surface area (Å²) in [5.74, 6) is 1.11. The third-order valence-electron chi connectivity index (χ3n) is 5.75. The van der Waals surface area contributed by atoms with Crippen LogP contribution in [0, 0.1) is 13.8 Å². The van der Waals surface area contributed by atoms with Gasteiger partial charge >= 0.3 is 0 Å². The monoisotopic (exact) mass is 552 g/mol. The number of aromatic nitrogens is 2. The van der Waals surface area contributed by atoms with Gasteiger partial charge in [0.15, 0.2) is 5.96 Å². The van der Waals surface area contributed by atoms with Crippen LogP contribution in [-0.4, -0.2) is 52.7 Å². The van der Waals surface area contributed by atoms with Gasteiger partial charge in [-0.1, -0.05) is 24.6 Å². The summed E-state index contributed by atoms with van der Waals surface area (Å²) in [6.07, 6.45) is 4.94. The number of rotatable bonds is 8. The van der Waals surface area contributed by atoms with E-state index in [1.165, 1.54) is 0 Å². The highest BCUT2D eigenvalue weighted by molar-refractivity contribution is 14.0. The molecule has 1 saturated heterocycles. The van der Waals surface area contributed by atoms with Crippen molar-refractivity contribution in [2.75, 3.05) is 26.2 Å². The maximum Gasteiger partial charge on any atom is 0.222 e. The Labute approximate surface area is 209 Å². The number of halogens is 1. The Morgan fingerprint density at radius 3 is 2.66 bits per heavy atom. The first-order chi connectivity index (χ1) is 15.1. The van der Waals surface area contributed by atoms with Crippen LogP contribution in [0.4, 0.5) is 0 Å². The van der Waals surface area contributed by atoms with Crippen LogP contribution in [0.15, 0.2) is 35.3 Å². The first-order valence-corrected chi connectivity index (χ1v) is 11.5. The molecule has 176 valence electrons. The Bertz CT molecular complexity index is 880. The molecule has 1 aromatic carbocycles. The number of para-hydroxylation sites is 1. The number of hydrogen-bond donors (Lipinski definition) is 2. The fourth-order valence-electron chi connectivity index (χ4n) is 3.98. The highest BCUT2D eigenvalue weighted by Crippen LogP contribution is 2.18. The molecule has 1 aromatic heterocycles. The number of amides is 1. The van der Waals surface area contributed by atoms with Gasteiger partial charge in [0.2, 0.25) is 5.91 Å². The van der Waals surface area contributed by atoms with Crippen molar-refractivity contribution < 1.29 is 4.79 Å². The molecule has 0 saturated carbocycles. The smallest absolute Gasteiger partial charge is 0.222 e. The van der Waals surface area contributed by atoms with E-state index in [0.717, 1.165) is 80.5 Å². The van der Waals surface area contributed by atoms with Crippen LogP contribution in [0.25, 0.3) is 5.69 Å². The average molecular weight is 553 g/mol. The number of aliphatic imine (C=N–C) groups is 1. The minimum Gasteiger partial charge on any atom is -0.357 e. The summed E-state index contributed by atoms with van der Waals surface area (Å²) in [6, 6.07) is 10.2. The van der Waals surface area contributed by atoms with Gasteiger partial charge in [-0.05, 0) is 52.2 Å². The largest absolute Gasteiger partial charge is 0.357 e. The van der Waals surface area contributed by atoms with Crippen LogP contribution in [-0.2, 0) is 11.3 Å². The lowest BCUT2D eigenvalue weighted by molar-refractivity contribution is -0.130. The van der Waals surface area contributed by atoms with Crippen LogP contribution in [0.3, 0.4) is 0 Å². The van der Waals surface area contributed by atoms with Crippen LogP contribution in [0.1, 0.15) is 56.0 Å². The number of likely N-dealkylation sites (tertiary alicyclic amines) is 1. The number of aryl methyl sites for hydroxylation is 1. The van der Waals surface area contributed by atoms with Crippen LogP contribution in [0.5, 0.6) is 0 Å². The van der Waals surface area contributed by atoms with Crippen molar-refractivity contribution >= 4 is 35.8 Å². The molecule has 7 nitrogen and oxygen atoms in total. The van der Waals surface area contributed by atoms with Gasteiger partial charge in [-0.25, -0.2) is 9.67 Å². The zero-order valence-electron chi connectivity index (χ0n) is 19.6. The topological polar surface area (TPSA) is 74.6 Å². The average Bonchev–Trinajstić information content (AvgIpc) is 2.92. The van der Waals surface area contributed by atoms with Crippen LogP contribution in [0.2, 0.25) is 0 Å². The molecule has 1 amide bonds. The van der Waals surface area contributed by atoms with Gasteiger partial charge in [-0.3, -0.25) is 4.79 Å². The van der Waals surface area contributed by atoms with Crippen molar-refractivity contribution in [1.29, 1.82) is 0 Å². The Balaban J connectivity index is 0.00000363. The molecule has 8 heteroatoms. The molecule has 1 aliphatic rings. The zero-order chi connectivity index (χ0) is 22.1. The predicted molar refractivity (Wildman–Crippen MR) is 141 cm³/mol. The fourth-order valence-corrected chi connectivity index (χ4v) is 3.98. The van der Waals surface area contributed by atoms with Crippen molar-refractivity contribution in [2.45, 2.75) is 59.4 Å². The van der Waals surface area contributed by atoms with Gasteiger partial charge in [0, 0.05) is 43.9 Å². The number of carbonyl (C=O) groups is 1. The van der Waals surface area contributed by atoms with Gasteiger partial charge in [0.25, 0.3) is 0 Å². The molecule has 1 fully saturated rings. The number of benzene rings is 1. The summed E-state index contributed by atoms with van der Waals surface area (Å²) in [5.41, 5.74) is 4.33. The standard InChI is InChI=1S/C24H36N6O.HI/c1-4-25-24(26-15-11-17-29-16-10-6-9-14-23(29)31)27-18-22-19(2)28-30(20(22)3)21-12-7-5-8-13-21;/h5,7-8,12-13H,4,6,9-11,14-18H2,1-3H3,(H2,25,26,27);1H. The molecule has 2 aromatic rings. The highest BCUT2D eigenvalue weighted by Gasteiger charge is 2.16. The molecule has 0 radical (unpaired) electrons. The van der Waals surface area contributed by atoms with E-state index < -0.39 is 0 Å². The maximum atomic E-state index is 12.1. The summed E-state index contributed by atoms with van der Waals surface area (Å²) in [7, 11) is 0. The van der Waals surface area contributed by atoms with Gasteiger partial charge in [-0.15, -0.1) is 24.0 Å². The summed E-state index contributed by atoms with van der Waals surface area (Å²) in [5, 5.41) is 11.4. The van der Waals surface area contributed by atoms with E-state index in [-0.39, 0.29) is 24.0 Å². The fraction of sp³-hybridized carbons (Fsp3) is 0.542. The molecule has 0 bridgehead atoms. The van der Waals surface area contributed by atoms with E-state index in [4.69, 9.17) is 10.1 Å². The van der Waals surface area contributed by atoms with E-state index in [1.807, 2.05) is 34.7 Å². The zero-order valence-corrected chi connectivity index (χ0v) is 21.9. The van der Waals surface area contributed by atoms with Crippen molar-refractivity contribution in [3.8, 4) is 5.69 Å². The van der Waals surface area contributed by atoms with Crippen molar-refractivity contribution in [3.05, 3.63) is 47.3 Å². The van der Waals surface area contributed by atoms with E-state index in [2.05, 4.69) is 36.6 Å². The van der Waals surface area contributed by atoms with Crippen LogP contribution >= 0.6 is 24.0 Å². The molecule has 32 heavy (non-hydrogen) atoms. The molecule has 2 N–H and O–H groups in total. The third kappa shape index (κ3) is 7.21. The maximum absolute atomic E-state index is 12.1. The second-order valence-corrected chi connectivity index (χ2v) is 8.06. The van der Waals surface area contributed by atoms with Gasteiger partial charge in [-0.2, -0.15) is 5.10 Å². The molecule has 2 heterocycles. The summed E-state index contributed by atoms with van der Waals surface area (Å²) in [6.45, 7) is 10.1. The number of hydrogen-bond acceptors (Lipinski definition) is 3. The number of nitrogens with zero attached hydrogens (tertiary/aromatic N) is 4. The Hall–Kier alpha value is -2.10. The number of nitrogens with one attached hydrogen (secondary N) is 2. The summed E-state index contributed by atoms with van der Waals surface area (Å²) >= 11 is 0. The Morgan fingerprint density at radius 1 is 1.12 bits per heavy atom. The molecule has 0 unspecified atom stereocenters. The molecule has 3 rings (SSSR count). The molecule has 0 aliphatic carbocycles. The van der Waals surface area contributed by atoms with Crippen molar-refractivity contribution in [2.24, 2.45) is 4.99 Å². The van der Waals surface area contributed by atoms with E-state index in [9.17, 15) is 4.79 Å². The van der Waals surface area contributed by atoms with Crippen LogP contribution < -0.4 is 10.6 Å². The number of guanidine groups is 1. The molecule has 0 atom stereocenters. The lowest BCUT2D eigenvalue weighted by Crippen LogP contribution is -2.39. The quantitative estimate of drug-likeness (QED) is 0.225. The normalized spacial score (nSPS) is 14.7. The molecule has 0 spiro atoms.